The van der Waals surface area contributed by atoms with E-state index >= 15 is 0 Å². The lowest BCUT2D eigenvalue weighted by Gasteiger charge is -2.21. The third-order valence-corrected chi connectivity index (χ3v) is 7.14. The lowest BCUT2D eigenvalue weighted by atomic mass is 10.0. The molecule has 1 unspecified atom stereocenters. The van der Waals surface area contributed by atoms with Crippen LogP contribution in [0.4, 0.5) is 0 Å². The monoisotopic (exact) mass is 476 g/mol. The first kappa shape index (κ1) is 26.1. The summed E-state index contributed by atoms with van der Waals surface area (Å²) in [6.45, 7) is 4.84. The van der Waals surface area contributed by atoms with E-state index in [9.17, 15) is 27.9 Å². The van der Waals surface area contributed by atoms with Crippen molar-refractivity contribution < 1.29 is 37.8 Å². The van der Waals surface area contributed by atoms with Crippen LogP contribution >= 0.6 is 0 Å². The van der Waals surface area contributed by atoms with Gasteiger partial charge < -0.3 is 14.9 Å². The quantitative estimate of drug-likeness (QED) is 0.436. The Labute approximate surface area is 193 Å². The molecule has 0 aliphatic rings. The third-order valence-electron chi connectivity index (χ3n) is 5.11. The van der Waals surface area contributed by atoms with Crippen molar-refractivity contribution in [1.29, 1.82) is 0 Å². The van der Waals surface area contributed by atoms with Gasteiger partial charge in [0.05, 0.1) is 16.9 Å². The standard InChI is InChI=1S/C24H28O8S/c1-4-7-19-21(12-10-18(15(3)25)24(19)29)32-23(5-2)33(30,31)17-9-6-8-16(14-17)20(26)11-13-22(27)28/h6,8-10,12,14,23,29H,4-5,7,11,13H2,1-3H3,(H,27,28). The molecule has 0 spiro atoms. The fourth-order valence-corrected chi connectivity index (χ4v) is 4.91. The van der Waals surface area contributed by atoms with Crippen molar-refractivity contribution in [2.45, 2.75) is 63.2 Å². The number of carboxylic acid groups (broad SMARTS) is 1. The Morgan fingerprint density at radius 1 is 1.06 bits per heavy atom. The number of hydrogen-bond acceptors (Lipinski definition) is 7. The van der Waals surface area contributed by atoms with Gasteiger partial charge in [-0.1, -0.05) is 32.4 Å². The van der Waals surface area contributed by atoms with E-state index in [4.69, 9.17) is 9.84 Å². The highest BCUT2D eigenvalue weighted by atomic mass is 32.2. The van der Waals surface area contributed by atoms with E-state index in [0.29, 0.717) is 18.4 Å². The molecule has 0 radical (unpaired) electrons. The molecule has 0 aromatic heterocycles. The Morgan fingerprint density at radius 3 is 2.33 bits per heavy atom. The molecule has 2 aromatic rings. The molecule has 0 saturated heterocycles. The number of aromatic hydroxyl groups is 1. The van der Waals surface area contributed by atoms with Gasteiger partial charge in [0, 0.05) is 17.5 Å². The Hall–Kier alpha value is -3.20. The van der Waals surface area contributed by atoms with Crippen LogP contribution in [-0.4, -0.2) is 41.6 Å². The maximum absolute atomic E-state index is 13.3. The molecule has 178 valence electrons. The van der Waals surface area contributed by atoms with E-state index in [2.05, 4.69) is 0 Å². The molecular weight excluding hydrogens is 448 g/mol. The summed E-state index contributed by atoms with van der Waals surface area (Å²) >= 11 is 0. The number of phenolic OH excluding ortho intramolecular Hbond substituents is 1. The van der Waals surface area contributed by atoms with Crippen LogP contribution in [0.5, 0.6) is 11.5 Å². The van der Waals surface area contributed by atoms with Gasteiger partial charge in [0.2, 0.25) is 15.3 Å². The summed E-state index contributed by atoms with van der Waals surface area (Å²) in [4.78, 5) is 34.6. The van der Waals surface area contributed by atoms with Crippen LogP contribution in [0, 0.1) is 0 Å². The minimum atomic E-state index is -4.05. The number of Topliss-reactive ketones (excluding diaryl/α,β-unsaturated/α-hetero) is 2. The molecule has 0 saturated carbocycles. The molecule has 0 bridgehead atoms. The van der Waals surface area contributed by atoms with Crippen LogP contribution in [0.1, 0.15) is 72.7 Å². The van der Waals surface area contributed by atoms with Crippen LogP contribution in [0.3, 0.4) is 0 Å². The van der Waals surface area contributed by atoms with Gasteiger partial charge in [-0.15, -0.1) is 0 Å². The predicted molar refractivity (Wildman–Crippen MR) is 122 cm³/mol. The van der Waals surface area contributed by atoms with Crippen molar-refractivity contribution in [3.8, 4) is 11.5 Å². The lowest BCUT2D eigenvalue weighted by molar-refractivity contribution is -0.136. The fraction of sp³-hybridized carbons (Fsp3) is 0.375. The zero-order valence-corrected chi connectivity index (χ0v) is 19.6. The minimum absolute atomic E-state index is 0.0836. The molecular formula is C24H28O8S. The minimum Gasteiger partial charge on any atom is -0.507 e. The number of aliphatic carboxylic acids is 1. The van der Waals surface area contributed by atoms with Gasteiger partial charge in [0.15, 0.2) is 11.6 Å². The molecule has 33 heavy (non-hydrogen) atoms. The van der Waals surface area contributed by atoms with E-state index in [0.717, 1.165) is 0 Å². The Balaban J connectivity index is 2.40. The van der Waals surface area contributed by atoms with Crippen LogP contribution in [0.2, 0.25) is 0 Å². The van der Waals surface area contributed by atoms with Gasteiger partial charge in [-0.2, -0.15) is 0 Å². The van der Waals surface area contributed by atoms with E-state index < -0.39 is 27.0 Å². The van der Waals surface area contributed by atoms with Gasteiger partial charge in [0.1, 0.15) is 11.5 Å². The van der Waals surface area contributed by atoms with Gasteiger partial charge >= 0.3 is 5.97 Å². The van der Waals surface area contributed by atoms with E-state index in [1.807, 2.05) is 6.92 Å². The molecule has 2 aromatic carbocycles. The number of carbonyl (C=O) groups is 3. The smallest absolute Gasteiger partial charge is 0.303 e. The van der Waals surface area contributed by atoms with Crippen molar-refractivity contribution in [1.82, 2.24) is 0 Å². The summed E-state index contributed by atoms with van der Waals surface area (Å²) in [6.07, 6.45) is 0.507. The molecule has 9 heteroatoms. The lowest BCUT2D eigenvalue weighted by Crippen LogP contribution is -2.27. The second-order valence-electron chi connectivity index (χ2n) is 7.59. The number of hydrogen-bond donors (Lipinski definition) is 2. The number of phenols is 1. The Morgan fingerprint density at radius 2 is 1.76 bits per heavy atom. The van der Waals surface area contributed by atoms with Crippen LogP contribution in [0.25, 0.3) is 0 Å². The molecule has 0 aliphatic heterocycles. The first-order valence-electron chi connectivity index (χ1n) is 10.6. The average molecular weight is 477 g/mol. The van der Waals surface area contributed by atoms with Crippen LogP contribution in [-0.2, 0) is 21.1 Å². The van der Waals surface area contributed by atoms with E-state index in [-0.39, 0.29) is 52.6 Å². The number of rotatable bonds is 12. The number of carbonyl (C=O) groups excluding carboxylic acids is 2. The third kappa shape index (κ3) is 6.19. The van der Waals surface area contributed by atoms with Crippen molar-refractivity contribution in [3.63, 3.8) is 0 Å². The molecule has 0 heterocycles. The highest BCUT2D eigenvalue weighted by Crippen LogP contribution is 2.35. The normalized spacial score (nSPS) is 12.2. The number of sulfone groups is 1. The maximum atomic E-state index is 13.3. The van der Waals surface area contributed by atoms with Crippen molar-refractivity contribution in [2.24, 2.45) is 0 Å². The van der Waals surface area contributed by atoms with Crippen molar-refractivity contribution >= 4 is 27.4 Å². The number of ether oxygens (including phenoxy) is 1. The Bertz CT molecular complexity index is 1150. The predicted octanol–water partition coefficient (Wildman–Crippen LogP) is 4.18. The molecule has 8 nitrogen and oxygen atoms in total. The molecule has 0 fully saturated rings. The van der Waals surface area contributed by atoms with Crippen LogP contribution < -0.4 is 4.74 Å². The molecule has 2 N–H and O–H groups in total. The van der Waals surface area contributed by atoms with Gasteiger partial charge in [-0.05, 0) is 44.0 Å². The van der Waals surface area contributed by atoms with Gasteiger partial charge in [-0.25, -0.2) is 8.42 Å². The Kier molecular flexibility index (Phi) is 8.76. The first-order chi connectivity index (χ1) is 15.5. The molecule has 0 amide bonds. The summed E-state index contributed by atoms with van der Waals surface area (Å²) < 4.78 is 32.4. The van der Waals surface area contributed by atoms with Crippen molar-refractivity contribution in [2.75, 3.05) is 0 Å². The summed E-state index contributed by atoms with van der Waals surface area (Å²) in [5, 5.41) is 19.3. The molecule has 2 rings (SSSR count). The summed E-state index contributed by atoms with van der Waals surface area (Å²) in [7, 11) is -4.05. The van der Waals surface area contributed by atoms with E-state index in [1.165, 1.54) is 43.3 Å². The van der Waals surface area contributed by atoms with Crippen molar-refractivity contribution in [3.05, 3.63) is 53.1 Å². The highest BCUT2D eigenvalue weighted by molar-refractivity contribution is 7.92. The van der Waals surface area contributed by atoms with Crippen LogP contribution in [0.15, 0.2) is 41.3 Å². The molecule has 1 atom stereocenters. The summed E-state index contributed by atoms with van der Waals surface area (Å²) in [5.41, 5.74) is -0.715. The first-order valence-corrected chi connectivity index (χ1v) is 12.2. The maximum Gasteiger partial charge on any atom is 0.303 e. The SMILES string of the molecule is CCCc1c(OC(CC)S(=O)(=O)c2cccc(C(=O)CCC(=O)O)c2)ccc(C(C)=O)c1O. The number of ketones is 2. The zero-order chi connectivity index (χ0) is 24.8. The molecule has 0 aliphatic carbocycles. The van der Waals surface area contributed by atoms with Gasteiger partial charge in [0.25, 0.3) is 0 Å². The van der Waals surface area contributed by atoms with Gasteiger partial charge in [-0.3, -0.25) is 14.4 Å². The second-order valence-corrected chi connectivity index (χ2v) is 9.68. The highest BCUT2D eigenvalue weighted by Gasteiger charge is 2.30. The van der Waals surface area contributed by atoms with E-state index in [1.54, 1.807) is 6.92 Å². The largest absolute Gasteiger partial charge is 0.507 e. The number of benzene rings is 2. The summed E-state index contributed by atoms with van der Waals surface area (Å²) in [5.74, 6) is -1.96. The fourth-order valence-electron chi connectivity index (χ4n) is 3.37. The average Bonchev–Trinajstić information content (AvgIpc) is 2.77. The number of carboxylic acids is 1. The topological polar surface area (TPSA) is 135 Å². The zero-order valence-electron chi connectivity index (χ0n) is 18.8. The summed E-state index contributed by atoms with van der Waals surface area (Å²) in [6, 6.07) is 8.29. The second kappa shape index (κ2) is 11.1.